The number of amides is 1. The van der Waals surface area contributed by atoms with Gasteiger partial charge in [-0.1, -0.05) is 0 Å². The molecule has 176 valence electrons. The summed E-state index contributed by atoms with van der Waals surface area (Å²) in [5.41, 5.74) is 3.22. The highest BCUT2D eigenvalue weighted by Crippen LogP contribution is 2.22. The van der Waals surface area contributed by atoms with Crippen LogP contribution >= 0.6 is 0 Å². The number of likely N-dealkylation sites (tertiary alicyclic amines) is 1. The molecule has 1 aromatic heterocycles. The van der Waals surface area contributed by atoms with Crippen molar-refractivity contribution in [1.82, 2.24) is 25.2 Å². The average Bonchev–Trinajstić information content (AvgIpc) is 2.83. The summed E-state index contributed by atoms with van der Waals surface area (Å²) in [6.45, 7) is 2.93. The molecule has 1 atom stereocenters. The Bertz CT molecular complexity index is 1030. The summed E-state index contributed by atoms with van der Waals surface area (Å²) in [7, 11) is 0. The Morgan fingerprint density at radius 3 is 2.94 bits per heavy atom. The molecule has 3 N–H and O–H groups in total. The zero-order valence-electron chi connectivity index (χ0n) is 18.2. The number of rotatable bonds is 5. The van der Waals surface area contributed by atoms with E-state index in [9.17, 15) is 9.59 Å². The molecule has 3 aliphatic rings. The van der Waals surface area contributed by atoms with Crippen LogP contribution in [0, 0.1) is 11.3 Å². The lowest BCUT2D eigenvalue weighted by atomic mass is 10.1. The van der Waals surface area contributed by atoms with Crippen molar-refractivity contribution in [3.05, 3.63) is 40.3 Å². The molecule has 3 aliphatic heterocycles. The van der Waals surface area contributed by atoms with Crippen molar-refractivity contribution >= 4 is 17.6 Å². The van der Waals surface area contributed by atoms with Crippen molar-refractivity contribution in [2.75, 3.05) is 51.3 Å². The first-order chi connectivity index (χ1) is 16.0. The van der Waals surface area contributed by atoms with Gasteiger partial charge in [0.15, 0.2) is 11.6 Å². The molecule has 33 heavy (non-hydrogen) atoms. The second-order valence-corrected chi connectivity index (χ2v) is 8.03. The largest absolute Gasteiger partial charge is 0.378 e. The standard InChI is InChI=1S/C21H27FN8O3/c22-16-14-30(27-15-3-2-8-29(13-15)18(31)5-6-23)21(25-17-4-1-7-24-20(17)32)26-19(16)28-9-11-33-12-10-28/h1,4,7,15,27H,2-3,5,8-14H2,(H,24,32)(H,25,26)/t15-/m1/s1. The number of aromatic amines is 1. The minimum absolute atomic E-state index is 0.0914. The molecule has 0 aromatic carbocycles. The predicted octanol–water partition coefficient (Wildman–Crippen LogP) is 0.338. The summed E-state index contributed by atoms with van der Waals surface area (Å²) >= 11 is 0. The highest BCUT2D eigenvalue weighted by molar-refractivity contribution is 5.94. The number of carbonyl (C=O) groups excluding carboxylic acids is 1. The van der Waals surface area contributed by atoms with Crippen molar-refractivity contribution in [3.63, 3.8) is 0 Å². The lowest BCUT2D eigenvalue weighted by molar-refractivity contribution is -0.131. The van der Waals surface area contributed by atoms with Crippen LogP contribution in [0.5, 0.6) is 0 Å². The number of guanidine groups is 1. The Balaban J connectivity index is 1.54. The topological polar surface area (TPSA) is 129 Å². The molecule has 0 radical (unpaired) electrons. The molecule has 4 rings (SSSR count). The molecule has 12 heteroatoms. The van der Waals surface area contributed by atoms with E-state index in [1.807, 2.05) is 11.0 Å². The molecule has 0 spiro atoms. The summed E-state index contributed by atoms with van der Waals surface area (Å²) in [6, 6.07) is 5.04. The number of hydrogen-bond acceptors (Lipinski definition) is 9. The van der Waals surface area contributed by atoms with Crippen LogP contribution in [-0.2, 0) is 9.53 Å². The van der Waals surface area contributed by atoms with Crippen LogP contribution in [0.3, 0.4) is 0 Å². The zero-order chi connectivity index (χ0) is 23.2. The fourth-order valence-corrected chi connectivity index (χ4v) is 4.07. The highest BCUT2D eigenvalue weighted by Gasteiger charge is 2.31. The number of aliphatic imine (C=N–C) groups is 1. The van der Waals surface area contributed by atoms with E-state index >= 15 is 4.39 Å². The number of pyridine rings is 1. The summed E-state index contributed by atoms with van der Waals surface area (Å²) in [5, 5.41) is 13.4. The van der Waals surface area contributed by atoms with Gasteiger partial charge in [0.2, 0.25) is 11.9 Å². The van der Waals surface area contributed by atoms with Crippen LogP contribution in [-0.4, -0.2) is 83.6 Å². The molecular formula is C21H27FN8O3. The summed E-state index contributed by atoms with van der Waals surface area (Å²) in [6.07, 6.45) is 2.90. The first kappa shape index (κ1) is 22.8. The molecule has 0 unspecified atom stereocenters. The number of morpholine rings is 1. The molecule has 1 aromatic rings. The number of halogens is 1. The normalized spacial score (nSPS) is 21.5. The van der Waals surface area contributed by atoms with Gasteiger partial charge >= 0.3 is 0 Å². The maximum absolute atomic E-state index is 15.1. The summed E-state index contributed by atoms with van der Waals surface area (Å²) < 4.78 is 20.5. The minimum Gasteiger partial charge on any atom is -0.378 e. The lowest BCUT2D eigenvalue weighted by Gasteiger charge is -2.39. The quantitative estimate of drug-likeness (QED) is 0.576. The maximum atomic E-state index is 15.1. The summed E-state index contributed by atoms with van der Waals surface area (Å²) in [4.78, 5) is 35.0. The molecule has 0 bridgehead atoms. The van der Waals surface area contributed by atoms with E-state index < -0.39 is 5.83 Å². The second kappa shape index (κ2) is 10.5. The molecule has 2 fully saturated rings. The van der Waals surface area contributed by atoms with E-state index in [4.69, 9.17) is 10.00 Å². The van der Waals surface area contributed by atoms with Gasteiger partial charge in [0.1, 0.15) is 12.1 Å². The molecule has 4 heterocycles. The zero-order valence-corrected chi connectivity index (χ0v) is 18.2. The first-order valence-electron chi connectivity index (χ1n) is 11.0. The Morgan fingerprint density at radius 1 is 1.36 bits per heavy atom. The first-order valence-corrected chi connectivity index (χ1v) is 11.0. The number of anilines is 1. The van der Waals surface area contributed by atoms with Crippen LogP contribution in [0.1, 0.15) is 19.3 Å². The monoisotopic (exact) mass is 458 g/mol. The molecule has 0 aliphatic carbocycles. The number of nitrogens with zero attached hydrogens (tertiary/aromatic N) is 5. The van der Waals surface area contributed by atoms with Gasteiger partial charge in [-0.05, 0) is 25.0 Å². The third-order valence-corrected chi connectivity index (χ3v) is 5.73. The van der Waals surface area contributed by atoms with Crippen molar-refractivity contribution in [2.45, 2.75) is 25.3 Å². The van der Waals surface area contributed by atoms with E-state index in [2.05, 4.69) is 20.7 Å². The van der Waals surface area contributed by atoms with E-state index in [0.29, 0.717) is 39.4 Å². The van der Waals surface area contributed by atoms with Gasteiger partial charge in [0.05, 0.1) is 25.8 Å². The predicted molar refractivity (Wildman–Crippen MR) is 118 cm³/mol. The SMILES string of the molecule is N#CCC(=O)N1CCC[C@@H](NN2CC(F)=C(N3CCOCC3)N=C2Nc2ccc[nH]c2=O)C1. The van der Waals surface area contributed by atoms with E-state index in [-0.39, 0.29) is 47.9 Å². The Kier molecular flexibility index (Phi) is 7.21. The Morgan fingerprint density at radius 2 is 2.18 bits per heavy atom. The fraction of sp³-hybridized carbons (Fsp3) is 0.524. The highest BCUT2D eigenvalue weighted by atomic mass is 19.1. The second-order valence-electron chi connectivity index (χ2n) is 8.03. The van der Waals surface area contributed by atoms with Crippen molar-refractivity contribution in [3.8, 4) is 6.07 Å². The number of piperidine rings is 1. The van der Waals surface area contributed by atoms with E-state index in [0.717, 1.165) is 12.8 Å². The summed E-state index contributed by atoms with van der Waals surface area (Å²) in [5.74, 6) is -0.105. The third kappa shape index (κ3) is 5.50. The van der Waals surface area contributed by atoms with Crippen LogP contribution in [0.25, 0.3) is 0 Å². The van der Waals surface area contributed by atoms with Crippen LogP contribution in [0.2, 0.25) is 0 Å². The number of hydrogen-bond donors (Lipinski definition) is 3. The van der Waals surface area contributed by atoms with Gasteiger partial charge in [-0.25, -0.2) is 9.82 Å². The van der Waals surface area contributed by atoms with Gasteiger partial charge in [0, 0.05) is 38.4 Å². The van der Waals surface area contributed by atoms with Gasteiger partial charge in [-0.2, -0.15) is 10.3 Å². The minimum atomic E-state index is -0.398. The van der Waals surface area contributed by atoms with E-state index in [1.165, 1.54) is 11.2 Å². The number of ether oxygens (including phenoxy) is 1. The molecule has 0 saturated carbocycles. The lowest BCUT2D eigenvalue weighted by Crippen LogP contribution is -2.58. The van der Waals surface area contributed by atoms with E-state index in [1.54, 1.807) is 17.0 Å². The van der Waals surface area contributed by atoms with Crippen LogP contribution < -0.4 is 16.3 Å². The van der Waals surface area contributed by atoms with Gasteiger partial charge in [-0.3, -0.25) is 14.6 Å². The number of H-pyrrole nitrogens is 1. The van der Waals surface area contributed by atoms with Gasteiger partial charge in [0.25, 0.3) is 5.56 Å². The molecule has 11 nitrogen and oxygen atoms in total. The van der Waals surface area contributed by atoms with Crippen LogP contribution in [0.15, 0.2) is 39.8 Å². The number of aromatic nitrogens is 1. The van der Waals surface area contributed by atoms with Gasteiger partial charge < -0.3 is 24.8 Å². The maximum Gasteiger partial charge on any atom is 0.271 e. The number of carbonyl (C=O) groups is 1. The molecule has 1 amide bonds. The van der Waals surface area contributed by atoms with Crippen molar-refractivity contribution in [1.29, 1.82) is 5.26 Å². The van der Waals surface area contributed by atoms with Crippen molar-refractivity contribution in [2.24, 2.45) is 4.99 Å². The number of hydrazine groups is 1. The molecular weight excluding hydrogens is 431 g/mol. The Hall–Kier alpha value is -3.43. The molecule has 2 saturated heterocycles. The smallest absolute Gasteiger partial charge is 0.271 e. The number of nitrogens with one attached hydrogen (secondary N) is 3. The number of nitriles is 1. The third-order valence-electron chi connectivity index (χ3n) is 5.73. The fourth-order valence-electron chi connectivity index (χ4n) is 4.07. The average molecular weight is 458 g/mol. The Labute approximate surface area is 190 Å². The van der Waals surface area contributed by atoms with Crippen LogP contribution in [0.4, 0.5) is 10.1 Å². The van der Waals surface area contributed by atoms with Gasteiger partial charge in [-0.15, -0.1) is 0 Å². The van der Waals surface area contributed by atoms with Crippen molar-refractivity contribution < 1.29 is 13.9 Å².